The maximum Gasteiger partial charge on any atom is 0.269 e. The first-order chi connectivity index (χ1) is 11.0. The fourth-order valence-electron chi connectivity index (χ4n) is 5.32. The highest BCUT2D eigenvalue weighted by molar-refractivity contribution is 9.10. The smallest absolute Gasteiger partial charge is 0.269 e. The predicted molar refractivity (Wildman–Crippen MR) is 90.8 cm³/mol. The zero-order chi connectivity index (χ0) is 16.1. The lowest BCUT2D eigenvalue weighted by Crippen LogP contribution is -2.60. The molecule has 1 aromatic rings. The van der Waals surface area contributed by atoms with Crippen LogP contribution in [0, 0.1) is 17.3 Å². The second kappa shape index (κ2) is 5.33. The number of hydrogen-bond acceptors (Lipinski definition) is 2. The van der Waals surface area contributed by atoms with Crippen LogP contribution in [0.4, 0.5) is 0 Å². The van der Waals surface area contributed by atoms with Crippen LogP contribution in [0.5, 0.6) is 0 Å². The highest BCUT2D eigenvalue weighted by Gasteiger charge is 2.59. The summed E-state index contributed by atoms with van der Waals surface area (Å²) < 4.78 is 0.137. The summed E-state index contributed by atoms with van der Waals surface area (Å²) in [5.41, 5.74) is 5.52. The van der Waals surface area contributed by atoms with Crippen molar-refractivity contribution in [3.8, 4) is 0 Å². The van der Waals surface area contributed by atoms with E-state index in [2.05, 4.69) is 26.8 Å². The van der Waals surface area contributed by atoms with E-state index in [9.17, 15) is 9.59 Å². The van der Waals surface area contributed by atoms with Crippen molar-refractivity contribution in [3.63, 3.8) is 0 Å². The maximum absolute atomic E-state index is 12.8. The summed E-state index contributed by atoms with van der Waals surface area (Å²) >= 11 is 3.91. The van der Waals surface area contributed by atoms with E-state index in [1.165, 1.54) is 19.3 Å². The van der Waals surface area contributed by atoms with E-state index in [0.717, 1.165) is 19.3 Å². The molecule has 23 heavy (non-hydrogen) atoms. The Morgan fingerprint density at radius 2 is 1.65 bits per heavy atom. The zero-order valence-corrected chi connectivity index (χ0v) is 14.6. The van der Waals surface area contributed by atoms with Gasteiger partial charge in [0.05, 0.1) is 5.41 Å². The minimum Gasteiger partial charge on any atom is -0.273 e. The Kier molecular flexibility index (Phi) is 3.52. The van der Waals surface area contributed by atoms with Crippen LogP contribution in [0.15, 0.2) is 30.3 Å². The Morgan fingerprint density at radius 3 is 2.26 bits per heavy atom. The fourth-order valence-corrected chi connectivity index (χ4v) is 6.78. The monoisotopic (exact) mass is 376 g/mol. The molecule has 4 aliphatic carbocycles. The van der Waals surface area contributed by atoms with Crippen molar-refractivity contribution in [1.82, 2.24) is 10.9 Å². The van der Waals surface area contributed by atoms with E-state index in [1.807, 2.05) is 18.2 Å². The van der Waals surface area contributed by atoms with Gasteiger partial charge in [0.2, 0.25) is 5.91 Å². The summed E-state index contributed by atoms with van der Waals surface area (Å²) in [5, 5.41) is 0. The van der Waals surface area contributed by atoms with E-state index in [-0.39, 0.29) is 21.6 Å². The van der Waals surface area contributed by atoms with Gasteiger partial charge >= 0.3 is 0 Å². The number of amides is 2. The van der Waals surface area contributed by atoms with E-state index in [4.69, 9.17) is 0 Å². The molecule has 4 aliphatic rings. The van der Waals surface area contributed by atoms with Gasteiger partial charge in [0.15, 0.2) is 0 Å². The quantitative estimate of drug-likeness (QED) is 0.615. The van der Waals surface area contributed by atoms with Gasteiger partial charge in [-0.1, -0.05) is 34.1 Å². The molecule has 0 aromatic heterocycles. The summed E-state index contributed by atoms with van der Waals surface area (Å²) in [4.78, 5) is 24.9. The molecular weight excluding hydrogens is 356 g/mol. The lowest BCUT2D eigenvalue weighted by atomic mass is 9.49. The maximum atomic E-state index is 12.8. The summed E-state index contributed by atoms with van der Waals surface area (Å²) in [7, 11) is 0. The normalized spacial score (nSPS) is 37.4. The SMILES string of the molecule is O=C(NNC(=O)C12C[C@H]3C[C@@H](CC(Br)(C3)C1)C2)c1ccccc1. The lowest BCUT2D eigenvalue weighted by Gasteiger charge is -2.59. The first kappa shape index (κ1) is 15.2. The minimum absolute atomic E-state index is 0.0142. The van der Waals surface area contributed by atoms with Gasteiger partial charge in [-0.05, 0) is 62.5 Å². The third kappa shape index (κ3) is 2.69. The molecule has 2 N–H and O–H groups in total. The molecule has 1 aromatic carbocycles. The molecule has 5 rings (SSSR count). The summed E-state index contributed by atoms with van der Waals surface area (Å²) in [6.45, 7) is 0. The van der Waals surface area contributed by atoms with Crippen LogP contribution in [-0.2, 0) is 4.79 Å². The molecule has 0 aliphatic heterocycles. The van der Waals surface area contributed by atoms with Gasteiger partial charge in [-0.15, -0.1) is 0 Å². The predicted octanol–water partition coefficient (Wildman–Crippen LogP) is 3.18. The molecule has 0 radical (unpaired) electrons. The summed E-state index contributed by atoms with van der Waals surface area (Å²) in [6, 6.07) is 8.95. The Bertz CT molecular complexity index is 632. The number of carbonyl (C=O) groups excluding carboxylic acids is 2. The number of nitrogens with one attached hydrogen (secondary N) is 2. The highest BCUT2D eigenvalue weighted by atomic mass is 79.9. The lowest BCUT2D eigenvalue weighted by molar-refractivity contribution is -0.144. The Labute approximate surface area is 144 Å². The number of hydrogen-bond donors (Lipinski definition) is 2. The molecule has 4 bridgehead atoms. The van der Waals surface area contributed by atoms with Gasteiger partial charge < -0.3 is 0 Å². The largest absolute Gasteiger partial charge is 0.273 e. The second-order valence-corrected chi connectivity index (χ2v) is 9.35. The van der Waals surface area contributed by atoms with Crippen LogP contribution in [0.2, 0.25) is 0 Å². The van der Waals surface area contributed by atoms with E-state index in [0.29, 0.717) is 17.4 Å². The minimum atomic E-state index is -0.308. The van der Waals surface area contributed by atoms with Crippen LogP contribution in [-0.4, -0.2) is 16.1 Å². The Morgan fingerprint density at radius 1 is 1.00 bits per heavy atom. The molecule has 2 amide bonds. The molecule has 0 saturated heterocycles. The van der Waals surface area contributed by atoms with Crippen molar-refractivity contribution in [2.45, 2.75) is 42.8 Å². The average molecular weight is 377 g/mol. The third-order valence-electron chi connectivity index (χ3n) is 5.80. The average Bonchev–Trinajstić information content (AvgIpc) is 2.50. The molecule has 0 spiro atoms. The Balaban J connectivity index is 1.44. The zero-order valence-electron chi connectivity index (χ0n) is 13.0. The van der Waals surface area contributed by atoms with Crippen LogP contribution in [0.25, 0.3) is 0 Å². The second-order valence-electron chi connectivity index (χ2n) is 7.67. The highest BCUT2D eigenvalue weighted by Crippen LogP contribution is 2.64. The molecule has 122 valence electrons. The van der Waals surface area contributed by atoms with Crippen molar-refractivity contribution in [1.29, 1.82) is 0 Å². The van der Waals surface area contributed by atoms with Crippen molar-refractivity contribution in [3.05, 3.63) is 35.9 Å². The van der Waals surface area contributed by atoms with E-state index in [1.54, 1.807) is 12.1 Å². The molecule has 4 nitrogen and oxygen atoms in total. The van der Waals surface area contributed by atoms with Crippen molar-refractivity contribution in [2.24, 2.45) is 17.3 Å². The van der Waals surface area contributed by atoms with Gasteiger partial charge in [0, 0.05) is 9.89 Å². The van der Waals surface area contributed by atoms with Gasteiger partial charge in [-0.25, -0.2) is 0 Å². The molecule has 0 heterocycles. The van der Waals surface area contributed by atoms with Crippen molar-refractivity contribution < 1.29 is 9.59 Å². The number of rotatable bonds is 2. The van der Waals surface area contributed by atoms with Crippen LogP contribution >= 0.6 is 15.9 Å². The van der Waals surface area contributed by atoms with Crippen molar-refractivity contribution >= 4 is 27.7 Å². The van der Waals surface area contributed by atoms with Gasteiger partial charge in [-0.2, -0.15) is 0 Å². The van der Waals surface area contributed by atoms with E-state index >= 15 is 0 Å². The van der Waals surface area contributed by atoms with Crippen LogP contribution in [0.1, 0.15) is 48.9 Å². The van der Waals surface area contributed by atoms with Crippen LogP contribution < -0.4 is 10.9 Å². The number of halogens is 1. The molecule has 5 heteroatoms. The summed E-state index contributed by atoms with van der Waals surface area (Å²) in [5.74, 6) is 1.01. The topological polar surface area (TPSA) is 58.2 Å². The fraction of sp³-hybridized carbons (Fsp3) is 0.556. The number of hydrazine groups is 1. The van der Waals surface area contributed by atoms with Crippen molar-refractivity contribution in [2.75, 3.05) is 0 Å². The molecular formula is C18H21BrN2O2. The molecule has 4 saturated carbocycles. The Hall–Kier alpha value is -1.36. The summed E-state index contributed by atoms with van der Waals surface area (Å²) in [6.07, 6.45) is 6.45. The molecule has 4 fully saturated rings. The number of benzene rings is 1. The standard InChI is InChI=1S/C18H21BrN2O2/c19-18-9-12-6-13(10-18)8-17(7-12,11-18)16(23)21-20-15(22)14-4-2-1-3-5-14/h1-5,12-13H,6-11H2,(H,20,22)(H,21,23)/t12-,13-,17?,18?/m1/s1. The molecule has 2 atom stereocenters. The van der Waals surface area contributed by atoms with Gasteiger partial charge in [0.1, 0.15) is 0 Å². The van der Waals surface area contributed by atoms with Gasteiger partial charge in [0.25, 0.3) is 5.91 Å². The number of alkyl halides is 1. The first-order valence-electron chi connectivity index (χ1n) is 8.33. The van der Waals surface area contributed by atoms with Gasteiger partial charge in [-0.3, -0.25) is 20.4 Å². The first-order valence-corrected chi connectivity index (χ1v) is 9.12. The number of carbonyl (C=O) groups is 2. The van der Waals surface area contributed by atoms with Crippen LogP contribution in [0.3, 0.4) is 0 Å². The third-order valence-corrected chi connectivity index (χ3v) is 6.72. The molecule has 0 unspecified atom stereocenters. The van der Waals surface area contributed by atoms with E-state index < -0.39 is 0 Å².